The van der Waals surface area contributed by atoms with Crippen LogP contribution >= 0.6 is 23.5 Å². The van der Waals surface area contributed by atoms with Gasteiger partial charge in [-0.05, 0) is 20.1 Å². The molecule has 106 valence electrons. The summed E-state index contributed by atoms with van der Waals surface area (Å²) in [6, 6.07) is 0. The van der Waals surface area contributed by atoms with Crippen LogP contribution in [0.15, 0.2) is 0 Å². The Bertz CT molecular complexity index is 311. The molecular weight excluding hydrogens is 270 g/mol. The van der Waals surface area contributed by atoms with Crippen LogP contribution in [0.3, 0.4) is 0 Å². The van der Waals surface area contributed by atoms with E-state index in [4.69, 9.17) is 5.11 Å². The second-order valence-corrected chi connectivity index (χ2v) is 8.98. The fourth-order valence-corrected chi connectivity index (χ4v) is 2.65. The summed E-state index contributed by atoms with van der Waals surface area (Å²) in [5.41, 5.74) is 0. The Morgan fingerprint density at radius 2 is 1.72 bits per heavy atom. The third-order valence-electron chi connectivity index (χ3n) is 2.08. The molecule has 0 saturated carbocycles. The summed E-state index contributed by atoms with van der Waals surface area (Å²) < 4.78 is -0.152. The smallest absolute Gasteiger partial charge is 0.305 e. The Morgan fingerprint density at radius 3 is 2.06 bits per heavy atom. The molecule has 0 radical (unpaired) electrons. The van der Waals surface area contributed by atoms with Gasteiger partial charge in [-0.15, -0.1) is 23.5 Å². The number of carboxylic acids is 1. The first-order valence-corrected chi connectivity index (χ1v) is 7.84. The van der Waals surface area contributed by atoms with Gasteiger partial charge in [0.25, 0.3) is 0 Å². The zero-order chi connectivity index (χ0) is 14.6. The quantitative estimate of drug-likeness (QED) is 0.737. The predicted molar refractivity (Wildman–Crippen MR) is 79.1 cm³/mol. The minimum absolute atomic E-state index is 0.152. The van der Waals surface area contributed by atoms with Gasteiger partial charge in [-0.1, -0.05) is 20.8 Å². The SMILES string of the molecule is CSC(C)(C)NC(=O)C(CC(=O)O)SC(C)(C)C. The Labute approximate surface area is 118 Å². The highest BCUT2D eigenvalue weighted by atomic mass is 32.2. The minimum atomic E-state index is -0.950. The molecule has 0 saturated heterocycles. The number of hydrogen-bond donors (Lipinski definition) is 2. The van der Waals surface area contributed by atoms with Gasteiger partial charge < -0.3 is 10.4 Å². The second kappa shape index (κ2) is 6.70. The third-order valence-corrected chi connectivity index (χ3v) is 4.58. The first-order chi connectivity index (χ1) is 7.97. The summed E-state index contributed by atoms with van der Waals surface area (Å²) in [5, 5.41) is 11.2. The maximum atomic E-state index is 12.1. The van der Waals surface area contributed by atoms with Crippen LogP contribution in [-0.4, -0.2) is 38.1 Å². The van der Waals surface area contributed by atoms with Crippen LogP contribution in [0.2, 0.25) is 0 Å². The lowest BCUT2D eigenvalue weighted by atomic mass is 10.2. The highest BCUT2D eigenvalue weighted by molar-refractivity contribution is 8.02. The molecule has 0 aromatic rings. The summed E-state index contributed by atoms with van der Waals surface area (Å²) in [6.45, 7) is 9.71. The first kappa shape index (κ1) is 17.6. The maximum Gasteiger partial charge on any atom is 0.305 e. The highest BCUT2D eigenvalue weighted by Gasteiger charge is 2.30. The molecule has 0 aromatic heterocycles. The first-order valence-electron chi connectivity index (χ1n) is 5.73. The third kappa shape index (κ3) is 7.87. The predicted octanol–water partition coefficient (Wildman–Crippen LogP) is 2.58. The number of thioether (sulfide) groups is 2. The Hall–Kier alpha value is -0.360. The van der Waals surface area contributed by atoms with Crippen molar-refractivity contribution in [2.45, 2.75) is 55.9 Å². The normalized spacial score (nSPS) is 14.1. The molecule has 2 N–H and O–H groups in total. The van der Waals surface area contributed by atoms with E-state index in [0.717, 1.165) is 0 Å². The molecule has 1 unspecified atom stereocenters. The fraction of sp³-hybridized carbons (Fsp3) is 0.833. The fourth-order valence-electron chi connectivity index (χ4n) is 1.20. The van der Waals surface area contributed by atoms with E-state index in [1.807, 2.05) is 40.9 Å². The lowest BCUT2D eigenvalue weighted by Gasteiger charge is -2.29. The van der Waals surface area contributed by atoms with E-state index >= 15 is 0 Å². The van der Waals surface area contributed by atoms with Crippen LogP contribution in [0, 0.1) is 0 Å². The molecule has 0 bridgehead atoms. The zero-order valence-corrected chi connectivity index (χ0v) is 13.5. The van der Waals surface area contributed by atoms with Gasteiger partial charge in [-0.2, -0.15) is 0 Å². The lowest BCUT2D eigenvalue weighted by Crippen LogP contribution is -2.46. The van der Waals surface area contributed by atoms with Gasteiger partial charge in [-0.3, -0.25) is 9.59 Å². The molecule has 0 rings (SSSR count). The van der Waals surface area contributed by atoms with Gasteiger partial charge in [-0.25, -0.2) is 0 Å². The topological polar surface area (TPSA) is 66.4 Å². The van der Waals surface area contributed by atoms with Crippen LogP contribution < -0.4 is 5.32 Å². The van der Waals surface area contributed by atoms with Gasteiger partial charge in [0.1, 0.15) is 0 Å². The van der Waals surface area contributed by atoms with Crippen molar-refractivity contribution >= 4 is 35.4 Å². The number of amides is 1. The van der Waals surface area contributed by atoms with Crippen LogP contribution in [-0.2, 0) is 9.59 Å². The Kier molecular flexibility index (Phi) is 6.57. The number of carbonyl (C=O) groups is 2. The maximum absolute atomic E-state index is 12.1. The summed E-state index contributed by atoms with van der Waals surface area (Å²) in [7, 11) is 0. The molecule has 4 nitrogen and oxygen atoms in total. The van der Waals surface area contributed by atoms with Crippen LogP contribution in [0.25, 0.3) is 0 Å². The van der Waals surface area contributed by atoms with Crippen molar-refractivity contribution in [2.75, 3.05) is 6.26 Å². The molecule has 6 heteroatoms. The van der Waals surface area contributed by atoms with E-state index in [-0.39, 0.29) is 21.9 Å². The van der Waals surface area contributed by atoms with E-state index in [2.05, 4.69) is 5.32 Å². The van der Waals surface area contributed by atoms with Gasteiger partial charge in [0.05, 0.1) is 16.5 Å². The van der Waals surface area contributed by atoms with Crippen molar-refractivity contribution in [1.29, 1.82) is 0 Å². The zero-order valence-electron chi connectivity index (χ0n) is 11.9. The van der Waals surface area contributed by atoms with Gasteiger partial charge in [0, 0.05) is 4.75 Å². The van der Waals surface area contributed by atoms with Crippen molar-refractivity contribution in [1.82, 2.24) is 5.32 Å². The number of nitrogens with one attached hydrogen (secondary N) is 1. The van der Waals surface area contributed by atoms with Crippen molar-refractivity contribution in [3.05, 3.63) is 0 Å². The van der Waals surface area contributed by atoms with E-state index in [0.29, 0.717) is 0 Å². The van der Waals surface area contributed by atoms with E-state index in [1.54, 1.807) is 0 Å². The van der Waals surface area contributed by atoms with Crippen LogP contribution in [0.5, 0.6) is 0 Å². The molecule has 1 amide bonds. The standard InChI is InChI=1S/C12H23NO3S2/c1-11(2,3)18-8(7-9(14)15)10(16)13-12(4,5)17-6/h8H,7H2,1-6H3,(H,13,16)(H,14,15). The summed E-state index contributed by atoms with van der Waals surface area (Å²) in [5.74, 6) is -1.16. The number of carboxylic acid groups (broad SMARTS) is 1. The second-order valence-electron chi connectivity index (χ2n) is 5.52. The molecule has 0 heterocycles. The average molecular weight is 293 g/mol. The highest BCUT2D eigenvalue weighted by Crippen LogP contribution is 2.31. The molecular formula is C12H23NO3S2. The number of hydrogen-bond acceptors (Lipinski definition) is 4. The van der Waals surface area contributed by atoms with E-state index in [1.165, 1.54) is 23.5 Å². The number of carbonyl (C=O) groups excluding carboxylic acids is 1. The number of rotatable bonds is 6. The Balaban J connectivity index is 4.75. The van der Waals surface area contributed by atoms with E-state index in [9.17, 15) is 9.59 Å². The van der Waals surface area contributed by atoms with Crippen molar-refractivity contribution in [3.8, 4) is 0 Å². The average Bonchev–Trinajstić information content (AvgIpc) is 2.13. The van der Waals surface area contributed by atoms with Crippen LogP contribution in [0.4, 0.5) is 0 Å². The largest absolute Gasteiger partial charge is 0.481 e. The number of aliphatic carboxylic acids is 1. The minimum Gasteiger partial charge on any atom is -0.481 e. The summed E-state index contributed by atoms with van der Waals surface area (Å²) in [6.07, 6.45) is 1.75. The molecule has 0 aromatic carbocycles. The summed E-state index contributed by atoms with van der Waals surface area (Å²) >= 11 is 2.91. The van der Waals surface area contributed by atoms with Crippen LogP contribution in [0.1, 0.15) is 41.0 Å². The molecule has 1 atom stereocenters. The molecule has 0 aliphatic carbocycles. The van der Waals surface area contributed by atoms with E-state index < -0.39 is 11.2 Å². The molecule has 0 aliphatic heterocycles. The molecule has 0 spiro atoms. The van der Waals surface area contributed by atoms with Gasteiger partial charge >= 0.3 is 5.97 Å². The molecule has 0 fully saturated rings. The molecule has 0 aliphatic rings. The van der Waals surface area contributed by atoms with Gasteiger partial charge in [0.15, 0.2) is 0 Å². The molecule has 18 heavy (non-hydrogen) atoms. The van der Waals surface area contributed by atoms with Crippen molar-refractivity contribution in [3.63, 3.8) is 0 Å². The lowest BCUT2D eigenvalue weighted by molar-refractivity contribution is -0.138. The van der Waals surface area contributed by atoms with Gasteiger partial charge in [0.2, 0.25) is 5.91 Å². The van der Waals surface area contributed by atoms with Crippen molar-refractivity contribution in [2.24, 2.45) is 0 Å². The summed E-state index contributed by atoms with van der Waals surface area (Å²) in [4.78, 5) is 22.6. The Morgan fingerprint density at radius 1 is 1.22 bits per heavy atom. The monoisotopic (exact) mass is 293 g/mol. The van der Waals surface area contributed by atoms with Crippen molar-refractivity contribution < 1.29 is 14.7 Å².